The second-order valence-corrected chi connectivity index (χ2v) is 14.7. The topological polar surface area (TPSA) is 227 Å². The summed E-state index contributed by atoms with van der Waals surface area (Å²) in [5.74, 6) is -1.77. The summed E-state index contributed by atoms with van der Waals surface area (Å²) in [5.41, 5.74) is 4.71. The number of nitrogens with zero attached hydrogens (tertiary/aromatic N) is 1. The minimum absolute atomic E-state index is 0.0144. The standard InChI is InChI=1S/C47H74N2O18/c50-45(51)9-15-55-21-27-61-33-36-64-30-24-58-18-12-49(13-19-59-25-31-65-37-34-62-28-22-56-16-10-46(52)53)14-20-60-26-32-66-38-35-63-29-23-57-17-11-48-47(54)67-39-44-42-7-3-1-5-40(42)41-6-2-4-8-43(41)44/h1-8,44H,9-39H2,(H,48,54)(H,50,51)(H,52,53). The highest BCUT2D eigenvalue weighted by atomic mass is 16.6. The van der Waals surface area contributed by atoms with Crippen LogP contribution in [0.4, 0.5) is 4.79 Å². The Hall–Kier alpha value is -3.87. The maximum atomic E-state index is 12.3. The number of carbonyl (C=O) groups is 3. The van der Waals surface area contributed by atoms with E-state index in [1.54, 1.807) is 0 Å². The van der Waals surface area contributed by atoms with E-state index in [4.69, 9.17) is 71.8 Å². The van der Waals surface area contributed by atoms with Crippen LogP contribution < -0.4 is 5.32 Å². The van der Waals surface area contributed by atoms with Gasteiger partial charge in [0, 0.05) is 32.1 Å². The summed E-state index contributed by atoms with van der Waals surface area (Å²) in [5, 5.41) is 20.0. The number of benzene rings is 2. The molecular weight excluding hydrogens is 881 g/mol. The molecule has 0 saturated carbocycles. The van der Waals surface area contributed by atoms with Gasteiger partial charge in [0.15, 0.2) is 0 Å². The second-order valence-electron chi connectivity index (χ2n) is 14.7. The molecule has 1 amide bonds. The van der Waals surface area contributed by atoms with E-state index < -0.39 is 18.0 Å². The number of fused-ring (bicyclic) bond motifs is 3. The van der Waals surface area contributed by atoms with Crippen LogP contribution in [0.3, 0.4) is 0 Å². The predicted molar refractivity (Wildman–Crippen MR) is 244 cm³/mol. The molecule has 1 aliphatic carbocycles. The number of hydrogen-bond donors (Lipinski definition) is 3. The van der Waals surface area contributed by atoms with Gasteiger partial charge in [0.25, 0.3) is 0 Å². The number of nitrogens with one attached hydrogen (secondary N) is 1. The van der Waals surface area contributed by atoms with Gasteiger partial charge in [0.2, 0.25) is 0 Å². The Morgan fingerprint density at radius 3 is 1.06 bits per heavy atom. The van der Waals surface area contributed by atoms with Gasteiger partial charge in [-0.05, 0) is 22.3 Å². The van der Waals surface area contributed by atoms with Gasteiger partial charge in [-0.3, -0.25) is 14.5 Å². The number of carbonyl (C=O) groups excluding carboxylic acids is 1. The summed E-state index contributed by atoms with van der Waals surface area (Å²) in [7, 11) is 0. The third-order valence-electron chi connectivity index (χ3n) is 9.78. The largest absolute Gasteiger partial charge is 0.481 e. The fraction of sp³-hybridized carbons (Fsp3) is 0.681. The summed E-state index contributed by atoms with van der Waals surface area (Å²) >= 11 is 0. The Kier molecular flexibility index (Phi) is 34.3. The third-order valence-corrected chi connectivity index (χ3v) is 9.78. The van der Waals surface area contributed by atoms with Crippen molar-refractivity contribution in [3.05, 3.63) is 59.7 Å². The molecule has 2 aromatic rings. The van der Waals surface area contributed by atoms with Crippen LogP contribution >= 0.6 is 0 Å². The van der Waals surface area contributed by atoms with Gasteiger partial charge in [-0.2, -0.15) is 0 Å². The first kappa shape index (κ1) is 57.4. The van der Waals surface area contributed by atoms with Gasteiger partial charge in [0.1, 0.15) is 6.61 Å². The summed E-state index contributed by atoms with van der Waals surface area (Å²) in [4.78, 5) is 35.5. The first-order valence-electron chi connectivity index (χ1n) is 23.1. The SMILES string of the molecule is O=C(O)CCOCCOCCOCCOCCN(CCOCCOCCOCCOCCNC(=O)OCC1c2ccccc2-c2ccccc21)CCOCCOCCOCCOCCC(=O)O. The molecule has 20 heteroatoms. The van der Waals surface area contributed by atoms with Crippen LogP contribution in [0.15, 0.2) is 48.5 Å². The van der Waals surface area contributed by atoms with Crippen LogP contribution in [-0.4, -0.2) is 224 Å². The number of hydrogen-bond acceptors (Lipinski definition) is 17. The van der Waals surface area contributed by atoms with E-state index in [1.807, 2.05) is 24.3 Å². The third kappa shape index (κ3) is 29.6. The number of alkyl carbamates (subject to hydrolysis) is 1. The molecule has 0 fully saturated rings. The number of carboxylic acid groups (broad SMARTS) is 2. The van der Waals surface area contributed by atoms with Gasteiger partial charge in [-0.1, -0.05) is 48.5 Å². The molecule has 0 saturated heterocycles. The van der Waals surface area contributed by atoms with Crippen molar-refractivity contribution in [2.75, 3.05) is 191 Å². The van der Waals surface area contributed by atoms with E-state index in [-0.39, 0.29) is 38.6 Å². The van der Waals surface area contributed by atoms with Crippen LogP contribution in [0.2, 0.25) is 0 Å². The number of carboxylic acids is 2. The smallest absolute Gasteiger partial charge is 0.407 e. The van der Waals surface area contributed by atoms with Crippen molar-refractivity contribution in [3.8, 4) is 11.1 Å². The minimum atomic E-state index is -0.892. The number of aliphatic carboxylic acids is 2. The molecule has 0 spiro atoms. The number of amides is 1. The molecule has 0 heterocycles. The zero-order chi connectivity index (χ0) is 47.7. The van der Waals surface area contributed by atoms with Crippen molar-refractivity contribution in [2.24, 2.45) is 0 Å². The van der Waals surface area contributed by atoms with Crippen LogP contribution in [0.5, 0.6) is 0 Å². The van der Waals surface area contributed by atoms with Crippen LogP contribution in [-0.2, 0) is 71.2 Å². The predicted octanol–water partition coefficient (Wildman–Crippen LogP) is 2.98. The van der Waals surface area contributed by atoms with Crippen LogP contribution in [0, 0.1) is 0 Å². The van der Waals surface area contributed by atoms with Crippen molar-refractivity contribution in [1.29, 1.82) is 0 Å². The maximum absolute atomic E-state index is 12.3. The zero-order valence-electron chi connectivity index (χ0n) is 39.0. The first-order chi connectivity index (χ1) is 33.0. The van der Waals surface area contributed by atoms with Gasteiger partial charge in [-0.15, -0.1) is 0 Å². The van der Waals surface area contributed by atoms with Crippen molar-refractivity contribution < 1.29 is 86.2 Å². The normalized spacial score (nSPS) is 12.1. The quantitative estimate of drug-likeness (QED) is 0.0811. The molecule has 0 radical (unpaired) electrons. The lowest BCUT2D eigenvalue weighted by molar-refractivity contribution is -0.139. The summed E-state index contributed by atoms with van der Waals surface area (Å²) in [6.07, 6.45) is -0.526. The zero-order valence-corrected chi connectivity index (χ0v) is 39.0. The lowest BCUT2D eigenvalue weighted by Crippen LogP contribution is -2.34. The summed E-state index contributed by atoms with van der Waals surface area (Å²) < 4.78 is 72.0. The van der Waals surface area contributed by atoms with E-state index in [0.717, 1.165) is 0 Å². The van der Waals surface area contributed by atoms with Crippen LogP contribution in [0.25, 0.3) is 11.1 Å². The van der Waals surface area contributed by atoms with Crippen molar-refractivity contribution in [2.45, 2.75) is 18.8 Å². The summed E-state index contributed by atoms with van der Waals surface area (Å²) in [6.45, 7) is 12.2. The van der Waals surface area contributed by atoms with E-state index in [2.05, 4.69) is 34.5 Å². The van der Waals surface area contributed by atoms with E-state index in [0.29, 0.717) is 172 Å². The van der Waals surface area contributed by atoms with Gasteiger partial charge >= 0.3 is 18.0 Å². The molecule has 0 unspecified atom stereocenters. The molecule has 380 valence electrons. The summed E-state index contributed by atoms with van der Waals surface area (Å²) in [6, 6.07) is 16.5. The molecule has 0 aromatic heterocycles. The first-order valence-corrected chi connectivity index (χ1v) is 23.1. The Bertz CT molecular complexity index is 1470. The Balaban J connectivity index is 1.14. The Morgan fingerprint density at radius 2 is 0.716 bits per heavy atom. The molecule has 1 aliphatic rings. The average molecular weight is 955 g/mol. The molecule has 0 bridgehead atoms. The highest BCUT2D eigenvalue weighted by Crippen LogP contribution is 2.44. The highest BCUT2D eigenvalue weighted by molar-refractivity contribution is 5.79. The molecule has 3 N–H and O–H groups in total. The highest BCUT2D eigenvalue weighted by Gasteiger charge is 2.29. The molecule has 3 rings (SSSR count). The number of ether oxygens (including phenoxy) is 13. The Labute approximate surface area is 394 Å². The second kappa shape index (κ2) is 40.1. The maximum Gasteiger partial charge on any atom is 0.407 e. The van der Waals surface area contributed by atoms with Gasteiger partial charge < -0.3 is 77.1 Å². The molecule has 0 atom stereocenters. The fourth-order valence-electron chi connectivity index (χ4n) is 6.40. The van der Waals surface area contributed by atoms with E-state index >= 15 is 0 Å². The minimum Gasteiger partial charge on any atom is -0.481 e. The fourth-order valence-corrected chi connectivity index (χ4v) is 6.40. The van der Waals surface area contributed by atoms with E-state index in [9.17, 15) is 14.4 Å². The van der Waals surface area contributed by atoms with Crippen LogP contribution in [0.1, 0.15) is 29.9 Å². The lowest BCUT2D eigenvalue weighted by Gasteiger charge is -2.22. The van der Waals surface area contributed by atoms with Crippen molar-refractivity contribution in [1.82, 2.24) is 10.2 Å². The molecule has 0 aliphatic heterocycles. The Morgan fingerprint density at radius 1 is 0.418 bits per heavy atom. The van der Waals surface area contributed by atoms with Crippen molar-refractivity contribution in [3.63, 3.8) is 0 Å². The average Bonchev–Trinajstić information content (AvgIpc) is 3.65. The molecular formula is C47H74N2O18. The van der Waals surface area contributed by atoms with E-state index in [1.165, 1.54) is 22.3 Å². The molecule has 67 heavy (non-hydrogen) atoms. The monoisotopic (exact) mass is 954 g/mol. The van der Waals surface area contributed by atoms with Gasteiger partial charge in [-0.25, -0.2) is 4.79 Å². The number of rotatable bonds is 47. The molecule has 20 nitrogen and oxygen atoms in total. The lowest BCUT2D eigenvalue weighted by atomic mass is 9.98. The van der Waals surface area contributed by atoms with Crippen molar-refractivity contribution >= 4 is 18.0 Å². The van der Waals surface area contributed by atoms with Gasteiger partial charge in [0.05, 0.1) is 171 Å². The molecule has 2 aromatic carbocycles.